The van der Waals surface area contributed by atoms with Crippen molar-refractivity contribution in [2.45, 2.75) is 52.4 Å². The van der Waals surface area contributed by atoms with Crippen molar-refractivity contribution in [3.63, 3.8) is 0 Å². The summed E-state index contributed by atoms with van der Waals surface area (Å²) in [5.74, 6) is 1.80. The normalized spacial score (nSPS) is 20.9. The van der Waals surface area contributed by atoms with Crippen LogP contribution in [0.15, 0.2) is 0 Å². The Labute approximate surface area is 122 Å². The van der Waals surface area contributed by atoms with Crippen LogP contribution in [0, 0.1) is 13.8 Å². The Bertz CT molecular complexity index is 418. The van der Waals surface area contributed by atoms with E-state index in [-0.39, 0.29) is 0 Å². The van der Waals surface area contributed by atoms with Crippen LogP contribution in [0.3, 0.4) is 0 Å². The molecule has 0 spiro atoms. The van der Waals surface area contributed by atoms with E-state index in [9.17, 15) is 0 Å². The third kappa shape index (κ3) is 3.55. The van der Waals surface area contributed by atoms with Crippen LogP contribution in [-0.4, -0.2) is 36.3 Å². The number of ether oxygens (including phenoxy) is 1. The Kier molecular flexibility index (Phi) is 5.49. The number of aromatic nitrogens is 2. The van der Waals surface area contributed by atoms with Crippen LogP contribution in [0.1, 0.15) is 61.3 Å². The van der Waals surface area contributed by atoms with Crippen molar-refractivity contribution in [3.8, 4) is 0 Å². The summed E-state index contributed by atoms with van der Waals surface area (Å²) in [4.78, 5) is 9.54. The molecule has 2 atom stereocenters. The number of nitrogens with zero attached hydrogens (tertiary/aromatic N) is 2. The highest BCUT2D eigenvalue weighted by molar-refractivity contribution is 5.29. The fraction of sp³-hybridized carbons (Fsp3) is 0.750. The van der Waals surface area contributed by atoms with Gasteiger partial charge in [0.25, 0.3) is 0 Å². The third-order valence-corrected chi connectivity index (χ3v) is 4.06. The second-order valence-corrected chi connectivity index (χ2v) is 5.79. The minimum Gasteiger partial charge on any atom is -0.381 e. The molecule has 0 radical (unpaired) electrons. The standard InChI is InChI=1S/C16H27N3O/c1-5-17-9-11(2)15-12(3)18-16(19-13(15)4)14-7-6-8-20-10-14/h11,14,17H,5-10H2,1-4H3. The van der Waals surface area contributed by atoms with Gasteiger partial charge in [-0.25, -0.2) is 9.97 Å². The van der Waals surface area contributed by atoms with Gasteiger partial charge in [0.1, 0.15) is 5.82 Å². The van der Waals surface area contributed by atoms with Gasteiger partial charge < -0.3 is 10.1 Å². The van der Waals surface area contributed by atoms with E-state index in [1.807, 2.05) is 0 Å². The number of rotatable bonds is 5. The molecule has 2 unspecified atom stereocenters. The fourth-order valence-electron chi connectivity index (χ4n) is 3.05. The van der Waals surface area contributed by atoms with Gasteiger partial charge in [0.05, 0.1) is 6.61 Å². The first-order valence-corrected chi connectivity index (χ1v) is 7.77. The topological polar surface area (TPSA) is 47.0 Å². The van der Waals surface area contributed by atoms with Gasteiger partial charge in [0.2, 0.25) is 0 Å². The number of hydrogen-bond donors (Lipinski definition) is 1. The average molecular weight is 277 g/mol. The summed E-state index contributed by atoms with van der Waals surface area (Å²) in [6, 6.07) is 0. The van der Waals surface area contributed by atoms with Crippen molar-refractivity contribution in [1.29, 1.82) is 0 Å². The monoisotopic (exact) mass is 277 g/mol. The van der Waals surface area contributed by atoms with Crippen molar-refractivity contribution in [2.75, 3.05) is 26.3 Å². The molecular formula is C16H27N3O. The van der Waals surface area contributed by atoms with Gasteiger partial charge in [-0.3, -0.25) is 0 Å². The predicted octanol–water partition coefficient (Wildman–Crippen LogP) is 2.70. The molecule has 20 heavy (non-hydrogen) atoms. The largest absolute Gasteiger partial charge is 0.381 e. The van der Waals surface area contributed by atoms with Gasteiger partial charge in [0.15, 0.2) is 0 Å². The second-order valence-electron chi connectivity index (χ2n) is 5.79. The van der Waals surface area contributed by atoms with Gasteiger partial charge in [-0.2, -0.15) is 0 Å². The molecule has 1 saturated heterocycles. The zero-order valence-corrected chi connectivity index (χ0v) is 13.2. The first-order valence-electron chi connectivity index (χ1n) is 7.77. The molecule has 0 aromatic carbocycles. The molecule has 1 aromatic heterocycles. The van der Waals surface area contributed by atoms with Crippen LogP contribution in [0.4, 0.5) is 0 Å². The maximum Gasteiger partial charge on any atom is 0.134 e. The lowest BCUT2D eigenvalue weighted by atomic mass is 9.96. The van der Waals surface area contributed by atoms with E-state index in [4.69, 9.17) is 14.7 Å². The number of hydrogen-bond acceptors (Lipinski definition) is 4. The van der Waals surface area contributed by atoms with E-state index in [0.29, 0.717) is 11.8 Å². The molecule has 0 bridgehead atoms. The van der Waals surface area contributed by atoms with E-state index in [1.54, 1.807) is 0 Å². The van der Waals surface area contributed by atoms with Crippen molar-refractivity contribution in [3.05, 3.63) is 22.8 Å². The first-order chi connectivity index (χ1) is 9.63. The lowest BCUT2D eigenvalue weighted by molar-refractivity contribution is 0.0779. The summed E-state index contributed by atoms with van der Waals surface area (Å²) in [6.07, 6.45) is 2.26. The van der Waals surface area contributed by atoms with Crippen LogP contribution >= 0.6 is 0 Å². The molecule has 0 saturated carbocycles. The molecule has 1 aliphatic rings. The SMILES string of the molecule is CCNCC(C)c1c(C)nc(C2CCCOC2)nc1C. The van der Waals surface area contributed by atoms with Crippen molar-refractivity contribution >= 4 is 0 Å². The maximum atomic E-state index is 5.56. The summed E-state index contributed by atoms with van der Waals surface area (Å²) < 4.78 is 5.56. The molecule has 1 N–H and O–H groups in total. The predicted molar refractivity (Wildman–Crippen MR) is 81.3 cm³/mol. The molecule has 1 fully saturated rings. The summed E-state index contributed by atoms with van der Waals surface area (Å²) in [7, 11) is 0. The molecule has 0 amide bonds. The summed E-state index contributed by atoms with van der Waals surface area (Å²) in [5, 5.41) is 3.40. The van der Waals surface area contributed by atoms with Crippen LogP contribution in [-0.2, 0) is 4.74 Å². The molecule has 112 valence electrons. The van der Waals surface area contributed by atoms with Gasteiger partial charge in [-0.05, 0) is 44.7 Å². The van der Waals surface area contributed by atoms with E-state index in [1.165, 1.54) is 5.56 Å². The van der Waals surface area contributed by atoms with Crippen molar-refractivity contribution in [2.24, 2.45) is 0 Å². The Morgan fingerprint density at radius 2 is 2.00 bits per heavy atom. The highest BCUT2D eigenvalue weighted by Gasteiger charge is 2.22. The Hall–Kier alpha value is -1.00. The molecule has 1 aromatic rings. The average Bonchev–Trinajstić information content (AvgIpc) is 2.45. The van der Waals surface area contributed by atoms with E-state index in [2.05, 4.69) is 33.0 Å². The molecule has 1 aliphatic heterocycles. The summed E-state index contributed by atoms with van der Waals surface area (Å²) in [5.41, 5.74) is 3.55. The smallest absolute Gasteiger partial charge is 0.134 e. The number of aryl methyl sites for hydroxylation is 2. The maximum absolute atomic E-state index is 5.56. The zero-order valence-electron chi connectivity index (χ0n) is 13.2. The molecular weight excluding hydrogens is 250 g/mol. The third-order valence-electron chi connectivity index (χ3n) is 4.06. The van der Waals surface area contributed by atoms with Gasteiger partial charge in [0, 0.05) is 30.5 Å². The summed E-state index contributed by atoms with van der Waals surface area (Å²) >= 11 is 0. The van der Waals surface area contributed by atoms with E-state index < -0.39 is 0 Å². The minimum absolute atomic E-state index is 0.374. The summed E-state index contributed by atoms with van der Waals surface area (Å²) in [6.45, 7) is 12.2. The lowest BCUT2D eigenvalue weighted by Gasteiger charge is -2.23. The second kappa shape index (κ2) is 7.14. The highest BCUT2D eigenvalue weighted by Crippen LogP contribution is 2.26. The molecule has 4 heteroatoms. The van der Waals surface area contributed by atoms with Crippen LogP contribution in [0.25, 0.3) is 0 Å². The van der Waals surface area contributed by atoms with Crippen LogP contribution in [0.2, 0.25) is 0 Å². The molecule has 2 heterocycles. The Morgan fingerprint density at radius 3 is 2.55 bits per heavy atom. The van der Waals surface area contributed by atoms with Gasteiger partial charge in [-0.1, -0.05) is 13.8 Å². The van der Waals surface area contributed by atoms with E-state index >= 15 is 0 Å². The molecule has 4 nitrogen and oxygen atoms in total. The van der Waals surface area contributed by atoms with Gasteiger partial charge in [-0.15, -0.1) is 0 Å². The van der Waals surface area contributed by atoms with Crippen LogP contribution < -0.4 is 5.32 Å². The lowest BCUT2D eigenvalue weighted by Crippen LogP contribution is -2.23. The number of likely N-dealkylation sites (N-methyl/N-ethyl adjacent to an activating group) is 1. The van der Waals surface area contributed by atoms with E-state index in [0.717, 1.165) is 56.4 Å². The first kappa shape index (κ1) is 15.4. The Morgan fingerprint density at radius 1 is 1.30 bits per heavy atom. The fourth-order valence-corrected chi connectivity index (χ4v) is 3.05. The quantitative estimate of drug-likeness (QED) is 0.899. The Balaban J connectivity index is 2.19. The number of nitrogens with one attached hydrogen (secondary N) is 1. The van der Waals surface area contributed by atoms with Gasteiger partial charge >= 0.3 is 0 Å². The minimum atomic E-state index is 0.374. The molecule has 2 rings (SSSR count). The van der Waals surface area contributed by atoms with Crippen molar-refractivity contribution in [1.82, 2.24) is 15.3 Å². The zero-order chi connectivity index (χ0) is 14.5. The molecule has 0 aliphatic carbocycles. The van der Waals surface area contributed by atoms with Crippen LogP contribution in [0.5, 0.6) is 0 Å². The highest BCUT2D eigenvalue weighted by atomic mass is 16.5. The van der Waals surface area contributed by atoms with Crippen molar-refractivity contribution < 1.29 is 4.74 Å².